The Morgan fingerprint density at radius 3 is 2.62 bits per heavy atom. The number of furan rings is 1. The Morgan fingerprint density at radius 2 is 2.06 bits per heavy atom. The Bertz CT molecular complexity index is 403. The summed E-state index contributed by atoms with van der Waals surface area (Å²) < 4.78 is 6.03. The normalized spacial score (nSPS) is 32.9. The molecule has 2 unspecified atom stereocenters. The molecule has 0 bridgehead atoms. The van der Waals surface area contributed by atoms with Crippen molar-refractivity contribution in [1.29, 1.82) is 0 Å². The standard InChI is InChI=1S/C12H14BrNO2/c13-10-1-2-16-12(10)11(15)7-3-8-5-14-6-9(8)4-7/h1-2,7-9,14H,3-6H2. The molecule has 16 heavy (non-hydrogen) atoms. The van der Waals surface area contributed by atoms with Crippen LogP contribution in [0, 0.1) is 17.8 Å². The van der Waals surface area contributed by atoms with Crippen LogP contribution >= 0.6 is 15.9 Å². The van der Waals surface area contributed by atoms with Crippen LogP contribution in [0.2, 0.25) is 0 Å². The van der Waals surface area contributed by atoms with E-state index in [1.807, 2.05) is 0 Å². The van der Waals surface area contributed by atoms with E-state index in [0.29, 0.717) is 17.6 Å². The lowest BCUT2D eigenvalue weighted by atomic mass is 9.99. The highest BCUT2D eigenvalue weighted by Gasteiger charge is 2.41. The summed E-state index contributed by atoms with van der Waals surface area (Å²) >= 11 is 3.35. The van der Waals surface area contributed by atoms with Crippen molar-refractivity contribution in [1.82, 2.24) is 5.32 Å². The largest absolute Gasteiger partial charge is 0.460 e. The van der Waals surface area contributed by atoms with E-state index in [4.69, 9.17) is 4.42 Å². The third-order valence-corrected chi connectivity index (χ3v) is 4.49. The van der Waals surface area contributed by atoms with E-state index in [1.54, 1.807) is 12.3 Å². The van der Waals surface area contributed by atoms with Crippen LogP contribution in [0.1, 0.15) is 23.4 Å². The van der Waals surface area contributed by atoms with Crippen LogP contribution in [-0.2, 0) is 0 Å². The Kier molecular flexibility index (Phi) is 2.64. The number of carbonyl (C=O) groups is 1. The molecule has 0 radical (unpaired) electrons. The molecule has 1 saturated heterocycles. The van der Waals surface area contributed by atoms with Crippen molar-refractivity contribution in [2.75, 3.05) is 13.1 Å². The molecule has 0 amide bonds. The maximum Gasteiger partial charge on any atom is 0.202 e. The lowest BCUT2D eigenvalue weighted by molar-refractivity contribution is 0.0888. The van der Waals surface area contributed by atoms with Crippen LogP contribution in [0.3, 0.4) is 0 Å². The fourth-order valence-corrected chi connectivity index (χ4v) is 3.43. The van der Waals surface area contributed by atoms with Crippen molar-refractivity contribution in [2.24, 2.45) is 17.8 Å². The monoisotopic (exact) mass is 283 g/mol. The molecule has 2 heterocycles. The smallest absolute Gasteiger partial charge is 0.202 e. The first-order valence-electron chi connectivity index (χ1n) is 5.73. The van der Waals surface area contributed by atoms with Gasteiger partial charge >= 0.3 is 0 Å². The molecule has 0 spiro atoms. The van der Waals surface area contributed by atoms with Crippen molar-refractivity contribution >= 4 is 21.7 Å². The van der Waals surface area contributed by atoms with Gasteiger partial charge in [0.1, 0.15) is 0 Å². The fourth-order valence-electron chi connectivity index (χ4n) is 3.04. The second-order valence-electron chi connectivity index (χ2n) is 4.81. The summed E-state index contributed by atoms with van der Waals surface area (Å²) in [6.07, 6.45) is 3.60. The first-order chi connectivity index (χ1) is 7.75. The van der Waals surface area contributed by atoms with Crippen molar-refractivity contribution in [3.05, 3.63) is 22.6 Å². The van der Waals surface area contributed by atoms with E-state index in [0.717, 1.165) is 30.4 Å². The molecule has 3 rings (SSSR count). The van der Waals surface area contributed by atoms with Crippen LogP contribution in [-0.4, -0.2) is 18.9 Å². The number of halogens is 1. The molecule has 1 aliphatic heterocycles. The second kappa shape index (κ2) is 4.00. The number of fused-ring (bicyclic) bond motifs is 1. The van der Waals surface area contributed by atoms with Crippen LogP contribution in [0.5, 0.6) is 0 Å². The maximum absolute atomic E-state index is 12.2. The SMILES string of the molecule is O=C(c1occc1Br)C1CC2CNCC2C1. The summed E-state index contributed by atoms with van der Waals surface area (Å²) in [6.45, 7) is 2.15. The first-order valence-corrected chi connectivity index (χ1v) is 6.53. The molecule has 0 aromatic carbocycles. The highest BCUT2D eigenvalue weighted by atomic mass is 79.9. The minimum absolute atomic E-state index is 0.166. The predicted octanol–water partition coefficient (Wildman–Crippen LogP) is 2.47. The number of ketones is 1. The lowest BCUT2D eigenvalue weighted by Gasteiger charge is -2.08. The molecule has 4 heteroatoms. The average Bonchev–Trinajstić information content (AvgIpc) is 2.89. The predicted molar refractivity (Wildman–Crippen MR) is 63.3 cm³/mol. The molecule has 1 aromatic rings. The van der Waals surface area contributed by atoms with Gasteiger partial charge in [-0.2, -0.15) is 0 Å². The van der Waals surface area contributed by atoms with Crippen LogP contribution in [0.4, 0.5) is 0 Å². The van der Waals surface area contributed by atoms with E-state index in [2.05, 4.69) is 21.2 Å². The number of rotatable bonds is 2. The molecule has 1 aromatic heterocycles. The topological polar surface area (TPSA) is 42.2 Å². The molecule has 1 N–H and O–H groups in total. The first kappa shape index (κ1) is 10.5. The Balaban J connectivity index is 1.75. The molecule has 2 atom stereocenters. The van der Waals surface area contributed by atoms with Crippen LogP contribution < -0.4 is 5.32 Å². The molecule has 3 nitrogen and oxygen atoms in total. The summed E-state index contributed by atoms with van der Waals surface area (Å²) in [5.41, 5.74) is 0. The number of hydrogen-bond donors (Lipinski definition) is 1. The number of nitrogens with one attached hydrogen (secondary N) is 1. The Morgan fingerprint density at radius 1 is 1.38 bits per heavy atom. The molecule has 2 fully saturated rings. The van der Waals surface area contributed by atoms with E-state index < -0.39 is 0 Å². The quantitative estimate of drug-likeness (QED) is 0.848. The number of carbonyl (C=O) groups excluding carboxylic acids is 1. The zero-order valence-electron chi connectivity index (χ0n) is 8.91. The summed E-state index contributed by atoms with van der Waals surface area (Å²) in [6, 6.07) is 1.78. The van der Waals surface area contributed by atoms with Gasteiger partial charge in [-0.3, -0.25) is 4.79 Å². The zero-order valence-corrected chi connectivity index (χ0v) is 10.5. The number of Topliss-reactive ketones (excluding diaryl/α,β-unsaturated/α-hetero) is 1. The third-order valence-electron chi connectivity index (χ3n) is 3.87. The molecule has 1 saturated carbocycles. The number of hydrogen-bond acceptors (Lipinski definition) is 3. The summed E-state index contributed by atoms with van der Waals surface area (Å²) in [7, 11) is 0. The van der Waals surface area contributed by atoms with Gasteiger partial charge < -0.3 is 9.73 Å². The van der Waals surface area contributed by atoms with Crippen molar-refractivity contribution < 1.29 is 9.21 Å². The van der Waals surface area contributed by atoms with E-state index >= 15 is 0 Å². The third kappa shape index (κ3) is 1.64. The minimum Gasteiger partial charge on any atom is -0.460 e. The molecule has 2 aliphatic rings. The van der Waals surface area contributed by atoms with E-state index in [1.165, 1.54) is 0 Å². The van der Waals surface area contributed by atoms with Crippen LogP contribution in [0.25, 0.3) is 0 Å². The summed E-state index contributed by atoms with van der Waals surface area (Å²) in [5, 5.41) is 3.39. The van der Waals surface area contributed by atoms with Gasteiger partial charge in [-0.1, -0.05) is 0 Å². The highest BCUT2D eigenvalue weighted by molar-refractivity contribution is 9.10. The van der Waals surface area contributed by atoms with Gasteiger partial charge in [0.2, 0.25) is 5.78 Å². The van der Waals surface area contributed by atoms with Gasteiger partial charge in [-0.25, -0.2) is 0 Å². The highest BCUT2D eigenvalue weighted by Crippen LogP contribution is 2.40. The zero-order chi connectivity index (χ0) is 11.1. The molecule has 1 aliphatic carbocycles. The van der Waals surface area contributed by atoms with Crippen molar-refractivity contribution in [3.8, 4) is 0 Å². The lowest BCUT2D eigenvalue weighted by Crippen LogP contribution is -2.17. The Hall–Kier alpha value is -0.610. The molecule has 86 valence electrons. The van der Waals surface area contributed by atoms with Gasteiger partial charge in [0, 0.05) is 5.92 Å². The fraction of sp³-hybridized carbons (Fsp3) is 0.583. The maximum atomic E-state index is 12.2. The van der Waals surface area contributed by atoms with Gasteiger partial charge in [0.05, 0.1) is 10.7 Å². The summed E-state index contributed by atoms with van der Waals surface area (Å²) in [4.78, 5) is 12.2. The van der Waals surface area contributed by atoms with Gasteiger partial charge in [-0.05, 0) is 59.8 Å². The molecular weight excluding hydrogens is 270 g/mol. The van der Waals surface area contributed by atoms with E-state index in [9.17, 15) is 4.79 Å². The average molecular weight is 284 g/mol. The van der Waals surface area contributed by atoms with E-state index in [-0.39, 0.29) is 11.7 Å². The summed E-state index contributed by atoms with van der Waals surface area (Å²) in [5.74, 6) is 2.23. The molecular formula is C12H14BrNO2. The van der Waals surface area contributed by atoms with Gasteiger partial charge in [0.15, 0.2) is 5.76 Å². The van der Waals surface area contributed by atoms with Crippen molar-refractivity contribution in [3.63, 3.8) is 0 Å². The van der Waals surface area contributed by atoms with Gasteiger partial charge in [0.25, 0.3) is 0 Å². The minimum atomic E-state index is 0.166. The van der Waals surface area contributed by atoms with Crippen LogP contribution in [0.15, 0.2) is 21.2 Å². The Labute approximate surface area is 103 Å². The van der Waals surface area contributed by atoms with Gasteiger partial charge in [-0.15, -0.1) is 0 Å². The second-order valence-corrected chi connectivity index (χ2v) is 5.66. The van der Waals surface area contributed by atoms with Crippen molar-refractivity contribution in [2.45, 2.75) is 12.8 Å².